The molecule has 0 aliphatic heterocycles. The van der Waals surface area contributed by atoms with Gasteiger partial charge < -0.3 is 4.74 Å². The first-order valence-corrected chi connectivity index (χ1v) is 5.58. The number of carbonyl (C=O) groups is 1. The molecular weight excluding hydrogens is 232 g/mol. The summed E-state index contributed by atoms with van der Waals surface area (Å²) >= 11 is 0. The summed E-state index contributed by atoms with van der Waals surface area (Å²) in [5, 5.41) is 0. The Bertz CT molecular complexity index is 436. The summed E-state index contributed by atoms with van der Waals surface area (Å²) in [5.74, 6) is -0.394. The van der Waals surface area contributed by atoms with Crippen molar-refractivity contribution in [3.8, 4) is 0 Å². The van der Waals surface area contributed by atoms with Crippen LogP contribution in [0.5, 0.6) is 0 Å². The predicted octanol–water partition coefficient (Wildman–Crippen LogP) is 1.28. The third-order valence-corrected chi connectivity index (χ3v) is 2.28. The van der Waals surface area contributed by atoms with Gasteiger partial charge in [0.15, 0.2) is 0 Å². The lowest BCUT2D eigenvalue weighted by molar-refractivity contribution is -0.134. The van der Waals surface area contributed by atoms with Crippen LogP contribution in [-0.4, -0.2) is 26.0 Å². The highest BCUT2D eigenvalue weighted by Crippen LogP contribution is 2.05. The molecule has 0 saturated heterocycles. The molecule has 6 heteroatoms. The fourth-order valence-electron chi connectivity index (χ4n) is 0.676. The average molecular weight is 244 g/mol. The van der Waals surface area contributed by atoms with E-state index in [4.69, 9.17) is 4.55 Å². The van der Waals surface area contributed by atoms with E-state index in [0.717, 1.165) is 6.08 Å². The molecule has 0 spiro atoms. The van der Waals surface area contributed by atoms with E-state index in [1.165, 1.54) is 19.2 Å². The Kier molecular flexibility index (Phi) is 6.06. The van der Waals surface area contributed by atoms with Crippen LogP contribution in [-0.2, 0) is 19.6 Å². The van der Waals surface area contributed by atoms with E-state index >= 15 is 0 Å². The summed E-state index contributed by atoms with van der Waals surface area (Å²) in [6.45, 7) is 3.16. The van der Waals surface area contributed by atoms with Gasteiger partial charge in [0.1, 0.15) is 0 Å². The summed E-state index contributed by atoms with van der Waals surface area (Å²) in [7, 11) is -2.69. The van der Waals surface area contributed by atoms with Crippen LogP contribution in [0.15, 0.2) is 47.9 Å². The minimum Gasteiger partial charge on any atom is -0.466 e. The first kappa shape index (κ1) is 14.3. The highest BCUT2D eigenvalue weighted by Gasteiger charge is 2.05. The Labute approximate surface area is 94.1 Å². The summed E-state index contributed by atoms with van der Waals surface area (Å²) < 4.78 is 33.4. The van der Waals surface area contributed by atoms with E-state index in [-0.39, 0.29) is 4.90 Å². The number of hydrogen-bond donors (Lipinski definition) is 1. The van der Waals surface area contributed by atoms with Crippen molar-refractivity contribution in [1.82, 2.24) is 0 Å². The fourth-order valence-corrected chi connectivity index (χ4v) is 1.18. The van der Waals surface area contributed by atoms with Crippen LogP contribution in [0.2, 0.25) is 0 Å². The molecule has 0 amide bonds. The topological polar surface area (TPSA) is 80.7 Å². The van der Waals surface area contributed by atoms with Crippen molar-refractivity contribution < 1.29 is 22.5 Å². The molecule has 0 aliphatic carbocycles. The lowest BCUT2D eigenvalue weighted by Gasteiger charge is -1.92. The second-order valence-electron chi connectivity index (χ2n) is 2.52. The molecule has 1 aromatic rings. The number of benzene rings is 1. The summed E-state index contributed by atoms with van der Waals surface area (Å²) in [5.41, 5.74) is 0. The van der Waals surface area contributed by atoms with Crippen LogP contribution in [0.1, 0.15) is 0 Å². The van der Waals surface area contributed by atoms with Gasteiger partial charge in [0.25, 0.3) is 10.1 Å². The number of hydrogen-bond acceptors (Lipinski definition) is 4. The van der Waals surface area contributed by atoms with Crippen molar-refractivity contribution >= 4 is 16.1 Å². The molecule has 0 heterocycles. The van der Waals surface area contributed by atoms with Gasteiger partial charge in [-0.25, -0.2) is 4.79 Å². The SMILES string of the molecule is C=CC(=O)OC.O=S(=O)(O)c1ccccc1. The van der Waals surface area contributed by atoms with Crippen LogP contribution in [0.3, 0.4) is 0 Å². The summed E-state index contributed by atoms with van der Waals surface area (Å²) in [6.07, 6.45) is 1.11. The van der Waals surface area contributed by atoms with Gasteiger partial charge in [0.2, 0.25) is 0 Å². The maximum atomic E-state index is 10.4. The maximum absolute atomic E-state index is 10.4. The highest BCUT2D eigenvalue weighted by atomic mass is 32.2. The van der Waals surface area contributed by atoms with Crippen LogP contribution < -0.4 is 0 Å². The minimum absolute atomic E-state index is 0.0741. The van der Waals surface area contributed by atoms with Crippen LogP contribution in [0.4, 0.5) is 0 Å². The Balaban J connectivity index is 0.000000325. The smallest absolute Gasteiger partial charge is 0.329 e. The van der Waals surface area contributed by atoms with Gasteiger partial charge >= 0.3 is 5.97 Å². The Morgan fingerprint density at radius 3 is 2.06 bits per heavy atom. The third-order valence-electron chi connectivity index (χ3n) is 1.41. The van der Waals surface area contributed by atoms with Gasteiger partial charge in [-0.15, -0.1) is 0 Å². The monoisotopic (exact) mass is 244 g/mol. The van der Waals surface area contributed by atoms with E-state index in [1.54, 1.807) is 18.2 Å². The molecule has 0 aliphatic rings. The lowest BCUT2D eigenvalue weighted by Crippen LogP contribution is -1.96. The molecule has 0 fully saturated rings. The molecule has 0 unspecified atom stereocenters. The Morgan fingerprint density at radius 2 is 1.88 bits per heavy atom. The van der Waals surface area contributed by atoms with Crippen LogP contribution >= 0.6 is 0 Å². The highest BCUT2D eigenvalue weighted by molar-refractivity contribution is 7.85. The average Bonchev–Trinajstić information content (AvgIpc) is 2.29. The molecule has 5 nitrogen and oxygen atoms in total. The number of ether oxygens (including phenoxy) is 1. The first-order valence-electron chi connectivity index (χ1n) is 4.14. The standard InChI is InChI=1S/C6H6O3S.C4H6O2/c7-10(8,9)6-4-2-1-3-5-6;1-3-4(5)6-2/h1-5H,(H,7,8,9);3H,1H2,2H3. The molecule has 1 rings (SSSR count). The quantitative estimate of drug-likeness (QED) is 0.481. The number of esters is 1. The zero-order chi connectivity index (χ0) is 12.6. The number of methoxy groups -OCH3 is 1. The fraction of sp³-hybridized carbons (Fsp3) is 0.100. The van der Waals surface area contributed by atoms with Gasteiger partial charge in [-0.1, -0.05) is 24.8 Å². The number of carbonyl (C=O) groups excluding carboxylic acids is 1. The zero-order valence-electron chi connectivity index (χ0n) is 8.66. The predicted molar refractivity (Wildman–Crippen MR) is 58.5 cm³/mol. The van der Waals surface area contributed by atoms with Crippen molar-refractivity contribution in [3.63, 3.8) is 0 Å². The Hall–Kier alpha value is -1.66. The van der Waals surface area contributed by atoms with Crippen molar-refractivity contribution in [1.29, 1.82) is 0 Å². The van der Waals surface area contributed by atoms with Gasteiger partial charge in [-0.3, -0.25) is 4.55 Å². The molecule has 0 radical (unpaired) electrons. The van der Waals surface area contributed by atoms with E-state index in [1.807, 2.05) is 0 Å². The maximum Gasteiger partial charge on any atom is 0.329 e. The molecular formula is C10H12O5S. The molecule has 0 saturated carbocycles. The number of rotatable bonds is 2. The van der Waals surface area contributed by atoms with Crippen LogP contribution in [0.25, 0.3) is 0 Å². The molecule has 0 atom stereocenters. The Morgan fingerprint density at radius 1 is 1.38 bits per heavy atom. The molecule has 0 bridgehead atoms. The molecule has 1 aromatic carbocycles. The van der Waals surface area contributed by atoms with Gasteiger partial charge in [0.05, 0.1) is 12.0 Å². The molecule has 88 valence electrons. The van der Waals surface area contributed by atoms with Crippen molar-refractivity contribution in [2.24, 2.45) is 0 Å². The zero-order valence-corrected chi connectivity index (χ0v) is 9.48. The molecule has 0 aromatic heterocycles. The van der Waals surface area contributed by atoms with Crippen molar-refractivity contribution in [3.05, 3.63) is 43.0 Å². The van der Waals surface area contributed by atoms with E-state index in [2.05, 4.69) is 11.3 Å². The normalized spacial score (nSPS) is 9.62. The van der Waals surface area contributed by atoms with E-state index in [9.17, 15) is 13.2 Å². The minimum atomic E-state index is -4.00. The second-order valence-corrected chi connectivity index (χ2v) is 3.94. The lowest BCUT2D eigenvalue weighted by atomic mass is 10.4. The van der Waals surface area contributed by atoms with Crippen LogP contribution in [0, 0.1) is 0 Å². The first-order chi connectivity index (χ1) is 7.41. The van der Waals surface area contributed by atoms with Gasteiger partial charge in [-0.05, 0) is 12.1 Å². The van der Waals surface area contributed by atoms with E-state index < -0.39 is 16.1 Å². The van der Waals surface area contributed by atoms with Gasteiger partial charge in [-0.2, -0.15) is 8.42 Å². The summed E-state index contributed by atoms with van der Waals surface area (Å²) in [6, 6.07) is 7.42. The van der Waals surface area contributed by atoms with Gasteiger partial charge in [0, 0.05) is 6.08 Å². The largest absolute Gasteiger partial charge is 0.466 e. The van der Waals surface area contributed by atoms with Crippen molar-refractivity contribution in [2.45, 2.75) is 4.90 Å². The second kappa shape index (κ2) is 6.76. The van der Waals surface area contributed by atoms with Crippen molar-refractivity contribution in [2.75, 3.05) is 7.11 Å². The van der Waals surface area contributed by atoms with E-state index in [0.29, 0.717) is 0 Å². The third kappa shape index (κ3) is 5.94. The summed E-state index contributed by atoms with van der Waals surface area (Å²) in [4.78, 5) is 9.77. The molecule has 1 N–H and O–H groups in total. The molecule has 16 heavy (non-hydrogen) atoms.